The third kappa shape index (κ3) is 2.96. The molecule has 0 aliphatic heterocycles. The molecule has 0 aliphatic carbocycles. The summed E-state index contributed by atoms with van der Waals surface area (Å²) in [6.45, 7) is 1.88. The number of carbonyl (C=O) groups is 2. The Labute approximate surface area is 159 Å². The smallest absolute Gasteiger partial charge is 0.376 e. The highest BCUT2D eigenvalue weighted by Crippen LogP contribution is 2.33. The molecule has 1 N–H and O–H groups in total. The predicted molar refractivity (Wildman–Crippen MR) is 103 cm³/mol. The van der Waals surface area contributed by atoms with Crippen LogP contribution in [0.5, 0.6) is 5.75 Å². The van der Waals surface area contributed by atoms with Crippen LogP contribution in [0.4, 0.5) is 5.69 Å². The number of amides is 1. The molecule has 0 unspecified atom stereocenters. The lowest BCUT2D eigenvalue weighted by Crippen LogP contribution is -2.14. The molecule has 0 bridgehead atoms. The molecule has 0 aliphatic rings. The summed E-state index contributed by atoms with van der Waals surface area (Å²) < 4.78 is 21.6. The minimum absolute atomic E-state index is 0.0647. The summed E-state index contributed by atoms with van der Waals surface area (Å²) in [5.41, 5.74) is 1.18. The third-order valence-electron chi connectivity index (χ3n) is 4.25. The first-order valence-electron chi connectivity index (χ1n) is 8.69. The zero-order valence-electron chi connectivity index (χ0n) is 15.3. The van der Waals surface area contributed by atoms with Crippen LogP contribution in [0.25, 0.3) is 21.9 Å². The van der Waals surface area contributed by atoms with Crippen molar-refractivity contribution in [3.63, 3.8) is 0 Å². The molecule has 4 rings (SSSR count). The minimum Gasteiger partial charge on any atom is -0.493 e. The highest BCUT2D eigenvalue weighted by Gasteiger charge is 2.25. The monoisotopic (exact) mass is 379 g/mol. The number of carbonyl (C=O) groups excluding carboxylic acids is 2. The number of benzene rings is 2. The first-order valence-corrected chi connectivity index (χ1v) is 8.69. The Morgan fingerprint density at radius 2 is 1.89 bits per heavy atom. The van der Waals surface area contributed by atoms with Crippen LogP contribution < -0.4 is 10.1 Å². The Hall–Kier alpha value is -3.74. The Morgan fingerprint density at radius 1 is 1.07 bits per heavy atom. The molecule has 2 aromatic heterocycles. The van der Waals surface area contributed by atoms with Gasteiger partial charge in [-0.2, -0.15) is 0 Å². The molecule has 1 amide bonds. The van der Waals surface area contributed by atoms with E-state index in [1.54, 1.807) is 49.4 Å². The van der Waals surface area contributed by atoms with Gasteiger partial charge in [0.1, 0.15) is 11.3 Å². The first-order chi connectivity index (χ1) is 13.6. The lowest BCUT2D eigenvalue weighted by Gasteiger charge is -2.04. The van der Waals surface area contributed by atoms with E-state index in [-0.39, 0.29) is 23.8 Å². The maximum absolute atomic E-state index is 12.8. The molecule has 0 spiro atoms. The van der Waals surface area contributed by atoms with Crippen LogP contribution in [0.3, 0.4) is 0 Å². The van der Waals surface area contributed by atoms with Crippen molar-refractivity contribution in [2.45, 2.75) is 6.92 Å². The van der Waals surface area contributed by atoms with Gasteiger partial charge in [0.25, 0.3) is 5.91 Å². The zero-order valence-corrected chi connectivity index (χ0v) is 15.3. The fourth-order valence-electron chi connectivity index (χ4n) is 2.99. The van der Waals surface area contributed by atoms with Gasteiger partial charge >= 0.3 is 5.97 Å². The van der Waals surface area contributed by atoms with Crippen molar-refractivity contribution >= 4 is 39.5 Å². The SMILES string of the molecule is CCOC(=O)c1oc2ccccc2c1NC(=O)c1cc2cccc(OC)c2o1. The van der Waals surface area contributed by atoms with E-state index in [2.05, 4.69) is 5.32 Å². The highest BCUT2D eigenvalue weighted by molar-refractivity contribution is 6.13. The van der Waals surface area contributed by atoms with E-state index in [0.29, 0.717) is 22.3 Å². The number of hydrogen-bond donors (Lipinski definition) is 1. The standard InChI is InChI=1S/C21H17NO6/c1-3-26-21(24)19-17(13-8-4-5-9-14(13)27-19)22-20(23)16-11-12-7-6-10-15(25-2)18(12)28-16/h4-11H,3H2,1-2H3,(H,22,23). The number of rotatable bonds is 5. The normalized spacial score (nSPS) is 10.9. The van der Waals surface area contributed by atoms with Crippen molar-refractivity contribution in [1.82, 2.24) is 0 Å². The van der Waals surface area contributed by atoms with Crippen LogP contribution in [0.2, 0.25) is 0 Å². The number of nitrogens with one attached hydrogen (secondary N) is 1. The van der Waals surface area contributed by atoms with Crippen molar-refractivity contribution in [1.29, 1.82) is 0 Å². The van der Waals surface area contributed by atoms with Crippen LogP contribution in [0.1, 0.15) is 28.0 Å². The minimum atomic E-state index is -0.653. The van der Waals surface area contributed by atoms with Gasteiger partial charge in [-0.05, 0) is 31.2 Å². The molecular formula is C21H17NO6. The molecule has 2 heterocycles. The number of furan rings is 2. The summed E-state index contributed by atoms with van der Waals surface area (Å²) in [4.78, 5) is 25.1. The van der Waals surface area contributed by atoms with Crippen molar-refractivity contribution in [3.05, 3.63) is 60.1 Å². The van der Waals surface area contributed by atoms with E-state index in [0.717, 1.165) is 5.39 Å². The Kier molecular flexibility index (Phi) is 4.49. The lowest BCUT2D eigenvalue weighted by molar-refractivity contribution is 0.0494. The van der Waals surface area contributed by atoms with E-state index >= 15 is 0 Å². The molecule has 0 saturated carbocycles. The average Bonchev–Trinajstić information content (AvgIpc) is 3.30. The summed E-state index contributed by atoms with van der Waals surface area (Å²) >= 11 is 0. The molecule has 7 nitrogen and oxygen atoms in total. The van der Waals surface area contributed by atoms with Gasteiger partial charge in [0.15, 0.2) is 17.1 Å². The number of esters is 1. The fourth-order valence-corrected chi connectivity index (χ4v) is 2.99. The molecule has 0 radical (unpaired) electrons. The fraction of sp³-hybridized carbons (Fsp3) is 0.143. The third-order valence-corrected chi connectivity index (χ3v) is 4.25. The molecular weight excluding hydrogens is 362 g/mol. The Morgan fingerprint density at radius 3 is 2.68 bits per heavy atom. The number of hydrogen-bond acceptors (Lipinski definition) is 6. The van der Waals surface area contributed by atoms with Crippen LogP contribution >= 0.6 is 0 Å². The molecule has 28 heavy (non-hydrogen) atoms. The maximum Gasteiger partial charge on any atom is 0.376 e. The highest BCUT2D eigenvalue weighted by atomic mass is 16.5. The van der Waals surface area contributed by atoms with Gasteiger partial charge in [-0.25, -0.2) is 4.79 Å². The van der Waals surface area contributed by atoms with Crippen molar-refractivity contribution < 1.29 is 27.9 Å². The molecule has 0 saturated heterocycles. The van der Waals surface area contributed by atoms with Gasteiger partial charge in [-0.15, -0.1) is 0 Å². The second kappa shape index (κ2) is 7.11. The number of fused-ring (bicyclic) bond motifs is 2. The lowest BCUT2D eigenvalue weighted by atomic mass is 10.2. The van der Waals surface area contributed by atoms with Gasteiger partial charge in [0.2, 0.25) is 5.76 Å². The quantitative estimate of drug-likeness (QED) is 0.509. The van der Waals surface area contributed by atoms with Crippen molar-refractivity contribution in [2.24, 2.45) is 0 Å². The van der Waals surface area contributed by atoms with Gasteiger partial charge in [0.05, 0.1) is 13.7 Å². The van der Waals surface area contributed by atoms with E-state index in [1.165, 1.54) is 7.11 Å². The summed E-state index contributed by atoms with van der Waals surface area (Å²) in [5, 5.41) is 4.04. The van der Waals surface area contributed by atoms with Crippen LogP contribution in [-0.4, -0.2) is 25.6 Å². The topological polar surface area (TPSA) is 90.9 Å². The van der Waals surface area contributed by atoms with Gasteiger partial charge in [0, 0.05) is 10.8 Å². The molecule has 7 heteroatoms. The van der Waals surface area contributed by atoms with E-state index in [9.17, 15) is 9.59 Å². The molecule has 0 fully saturated rings. The van der Waals surface area contributed by atoms with Gasteiger partial charge < -0.3 is 23.6 Å². The van der Waals surface area contributed by atoms with E-state index in [1.807, 2.05) is 6.07 Å². The first kappa shape index (κ1) is 17.7. The number of ether oxygens (including phenoxy) is 2. The van der Waals surface area contributed by atoms with Gasteiger partial charge in [-0.3, -0.25) is 4.79 Å². The van der Waals surface area contributed by atoms with Crippen LogP contribution in [0.15, 0.2) is 57.4 Å². The van der Waals surface area contributed by atoms with Gasteiger partial charge in [-0.1, -0.05) is 24.3 Å². The Bertz CT molecular complexity index is 1190. The summed E-state index contributed by atoms with van der Waals surface area (Å²) in [7, 11) is 1.53. The zero-order chi connectivity index (χ0) is 19.7. The second-order valence-corrected chi connectivity index (χ2v) is 5.97. The summed E-state index contributed by atoms with van der Waals surface area (Å²) in [5.74, 6) is -0.627. The summed E-state index contributed by atoms with van der Waals surface area (Å²) in [6, 6.07) is 14.0. The molecule has 4 aromatic rings. The molecule has 0 atom stereocenters. The van der Waals surface area contributed by atoms with E-state index in [4.69, 9.17) is 18.3 Å². The predicted octanol–water partition coefficient (Wildman–Crippen LogP) is 4.62. The number of methoxy groups -OCH3 is 1. The molecule has 142 valence electrons. The second-order valence-electron chi connectivity index (χ2n) is 5.97. The average molecular weight is 379 g/mol. The van der Waals surface area contributed by atoms with E-state index < -0.39 is 11.9 Å². The van der Waals surface area contributed by atoms with Crippen molar-refractivity contribution in [3.8, 4) is 5.75 Å². The number of anilines is 1. The largest absolute Gasteiger partial charge is 0.493 e. The van der Waals surface area contributed by atoms with Crippen molar-refractivity contribution in [2.75, 3.05) is 19.0 Å². The number of para-hydroxylation sites is 2. The Balaban J connectivity index is 1.74. The summed E-state index contributed by atoms with van der Waals surface area (Å²) in [6.07, 6.45) is 0. The maximum atomic E-state index is 12.8. The molecule has 2 aromatic carbocycles. The van der Waals surface area contributed by atoms with Crippen LogP contribution in [-0.2, 0) is 4.74 Å². The van der Waals surface area contributed by atoms with Crippen LogP contribution in [0, 0.1) is 0 Å².